The van der Waals surface area contributed by atoms with Crippen LogP contribution < -0.4 is 5.56 Å². The normalized spacial score (nSPS) is 12.5. The summed E-state index contributed by atoms with van der Waals surface area (Å²) in [6.45, 7) is 3.78. The third-order valence-electron chi connectivity index (χ3n) is 5.19. The number of hydrogen-bond donors (Lipinski definition) is 1. The second-order valence-electron chi connectivity index (χ2n) is 7.55. The van der Waals surface area contributed by atoms with Crippen molar-refractivity contribution in [3.05, 3.63) is 82.0 Å². The summed E-state index contributed by atoms with van der Waals surface area (Å²) >= 11 is 0. The molecule has 4 rings (SSSR count). The van der Waals surface area contributed by atoms with Gasteiger partial charge in [-0.05, 0) is 49.2 Å². The van der Waals surface area contributed by atoms with Gasteiger partial charge in [0.15, 0.2) is 10.9 Å². The molecule has 1 unspecified atom stereocenters. The maximum atomic E-state index is 14.3. The molecule has 172 valence electrons. The molecule has 0 N–H and O–H groups in total. The van der Waals surface area contributed by atoms with Crippen LogP contribution in [-0.2, 0) is 28.7 Å². The van der Waals surface area contributed by atoms with E-state index in [1.54, 1.807) is 43.8 Å². The van der Waals surface area contributed by atoms with E-state index in [0.717, 1.165) is 11.6 Å². The maximum absolute atomic E-state index is 14.3. The van der Waals surface area contributed by atoms with Crippen LogP contribution in [0.3, 0.4) is 0 Å². The Kier molecular flexibility index (Phi) is 6.39. The van der Waals surface area contributed by atoms with Gasteiger partial charge in [-0.3, -0.25) is 8.98 Å². The quantitative estimate of drug-likeness (QED) is 0.425. The lowest BCUT2D eigenvalue weighted by atomic mass is 10.0. The number of fused-ring (bicyclic) bond motifs is 1. The van der Waals surface area contributed by atoms with Crippen molar-refractivity contribution in [3.8, 4) is 11.1 Å². The summed E-state index contributed by atoms with van der Waals surface area (Å²) < 4.78 is 52.3. The first-order valence-corrected chi connectivity index (χ1v) is 11.3. The Hall–Kier alpha value is -3.37. The highest BCUT2D eigenvalue weighted by Gasteiger charge is 2.14. The molecule has 2 aromatic heterocycles. The van der Waals surface area contributed by atoms with E-state index < -0.39 is 22.5 Å². The van der Waals surface area contributed by atoms with Crippen molar-refractivity contribution in [1.82, 2.24) is 14.1 Å². The average Bonchev–Trinajstić information content (AvgIpc) is 3.17. The second kappa shape index (κ2) is 9.24. The number of thiol groups is 1. The van der Waals surface area contributed by atoms with E-state index in [2.05, 4.69) is 9.35 Å². The monoisotopic (exact) mass is 472 g/mol. The summed E-state index contributed by atoms with van der Waals surface area (Å²) in [4.78, 5) is 16.5. The van der Waals surface area contributed by atoms with E-state index in [1.165, 1.54) is 23.0 Å². The number of hydrogen-bond acceptors (Lipinski definition) is 5. The average molecular weight is 473 g/mol. The van der Waals surface area contributed by atoms with Crippen molar-refractivity contribution >= 4 is 27.6 Å². The first-order chi connectivity index (χ1) is 15.8. The lowest BCUT2D eigenvalue weighted by Gasteiger charge is -2.10. The summed E-state index contributed by atoms with van der Waals surface area (Å²) in [6.07, 6.45) is 3.22. The van der Waals surface area contributed by atoms with Crippen LogP contribution >= 0.6 is 0 Å². The van der Waals surface area contributed by atoms with Gasteiger partial charge in [0.25, 0.3) is 5.56 Å². The third kappa shape index (κ3) is 4.71. The molecule has 0 aliphatic carbocycles. The SMILES string of the molecule is CCO[SH](=O)=Nc1cc(-c2cc(C)c(=O)n(C)c2)cc2c1ncn2Cc1ccc(F)cc1F. The van der Waals surface area contributed by atoms with E-state index in [9.17, 15) is 17.8 Å². The molecule has 0 saturated carbocycles. The number of nitrogens with zero attached hydrogens (tertiary/aromatic N) is 4. The number of imidazole rings is 1. The standard InChI is InChI=1S/C23H22F2N4O3S/c1-4-32-33(31)27-20-8-16(17-7-14(2)23(30)28(3)11-17)9-21-22(20)26-13-29(21)12-15-5-6-18(24)10-19(15)25/h5-11,13,33H,4,12H2,1-3H3. The van der Waals surface area contributed by atoms with Gasteiger partial charge in [-0.2, -0.15) is 4.36 Å². The fourth-order valence-corrected chi connectivity index (χ4v) is 4.22. The molecule has 0 spiro atoms. The smallest absolute Gasteiger partial charge is 0.253 e. The molecule has 4 aromatic rings. The Balaban J connectivity index is 1.92. The van der Waals surface area contributed by atoms with Crippen LogP contribution in [0, 0.1) is 18.6 Å². The highest BCUT2D eigenvalue weighted by molar-refractivity contribution is 7.69. The highest BCUT2D eigenvalue weighted by atomic mass is 32.2. The van der Waals surface area contributed by atoms with Gasteiger partial charge in [0.1, 0.15) is 22.8 Å². The van der Waals surface area contributed by atoms with Crippen LogP contribution in [0.2, 0.25) is 0 Å². The molecule has 1 atom stereocenters. The van der Waals surface area contributed by atoms with E-state index in [4.69, 9.17) is 4.18 Å². The Morgan fingerprint density at radius 1 is 1.15 bits per heavy atom. The summed E-state index contributed by atoms with van der Waals surface area (Å²) in [5.41, 5.74) is 3.63. The van der Waals surface area contributed by atoms with Gasteiger partial charge in [-0.15, -0.1) is 0 Å². The summed E-state index contributed by atoms with van der Waals surface area (Å²) in [7, 11) is -0.645. The minimum Gasteiger partial charge on any atom is -0.326 e. The van der Waals surface area contributed by atoms with Crippen molar-refractivity contribution in [3.63, 3.8) is 0 Å². The number of pyridine rings is 1. The van der Waals surface area contributed by atoms with Gasteiger partial charge < -0.3 is 9.13 Å². The molecule has 0 aliphatic heterocycles. The van der Waals surface area contributed by atoms with Gasteiger partial charge in [0.05, 0.1) is 25.0 Å². The lowest BCUT2D eigenvalue weighted by Crippen LogP contribution is -2.18. The van der Waals surface area contributed by atoms with Crippen molar-refractivity contribution in [1.29, 1.82) is 0 Å². The number of halogens is 2. The maximum Gasteiger partial charge on any atom is 0.253 e. The Bertz CT molecular complexity index is 1480. The molecular weight excluding hydrogens is 450 g/mol. The predicted molar refractivity (Wildman–Crippen MR) is 124 cm³/mol. The Morgan fingerprint density at radius 2 is 1.94 bits per heavy atom. The molecule has 0 radical (unpaired) electrons. The predicted octanol–water partition coefficient (Wildman–Crippen LogP) is 4.28. The molecule has 2 heterocycles. The summed E-state index contributed by atoms with van der Waals surface area (Å²) in [6, 6.07) is 8.74. The van der Waals surface area contributed by atoms with Crippen LogP contribution in [0.25, 0.3) is 22.2 Å². The first kappa shape index (κ1) is 22.8. The lowest BCUT2D eigenvalue weighted by molar-refractivity contribution is 0.378. The molecule has 0 amide bonds. The minimum atomic E-state index is -2.31. The summed E-state index contributed by atoms with van der Waals surface area (Å²) in [5, 5.41) is 0. The summed E-state index contributed by atoms with van der Waals surface area (Å²) in [5.74, 6) is -1.31. The highest BCUT2D eigenvalue weighted by Crippen LogP contribution is 2.33. The zero-order valence-corrected chi connectivity index (χ0v) is 19.1. The molecule has 7 nitrogen and oxygen atoms in total. The van der Waals surface area contributed by atoms with Crippen molar-refractivity contribution in [2.24, 2.45) is 11.4 Å². The number of benzene rings is 2. The van der Waals surface area contributed by atoms with Gasteiger partial charge in [-0.1, -0.05) is 6.07 Å². The molecule has 0 bridgehead atoms. The van der Waals surface area contributed by atoms with E-state index in [0.29, 0.717) is 27.8 Å². The molecule has 33 heavy (non-hydrogen) atoms. The number of aromatic nitrogens is 3. The van der Waals surface area contributed by atoms with Crippen molar-refractivity contribution in [2.75, 3.05) is 6.61 Å². The molecule has 2 aromatic carbocycles. The van der Waals surface area contributed by atoms with Crippen LogP contribution in [-0.4, -0.2) is 24.9 Å². The number of rotatable bonds is 6. The molecule has 0 aliphatic rings. The van der Waals surface area contributed by atoms with Crippen LogP contribution in [0.5, 0.6) is 0 Å². The van der Waals surface area contributed by atoms with Gasteiger partial charge in [0, 0.05) is 30.4 Å². The van der Waals surface area contributed by atoms with Crippen molar-refractivity contribution in [2.45, 2.75) is 20.4 Å². The molecular formula is C23H22F2N4O3S. The Morgan fingerprint density at radius 3 is 2.64 bits per heavy atom. The van der Waals surface area contributed by atoms with E-state index in [-0.39, 0.29) is 24.3 Å². The third-order valence-corrected chi connectivity index (χ3v) is 6.04. The zero-order valence-electron chi connectivity index (χ0n) is 18.2. The molecule has 0 saturated heterocycles. The van der Waals surface area contributed by atoms with Gasteiger partial charge >= 0.3 is 0 Å². The van der Waals surface area contributed by atoms with E-state index in [1.807, 2.05) is 6.07 Å². The second-order valence-corrected chi connectivity index (χ2v) is 8.49. The van der Waals surface area contributed by atoms with Crippen LogP contribution in [0.1, 0.15) is 18.1 Å². The Labute approximate surface area is 190 Å². The zero-order chi connectivity index (χ0) is 23.7. The fraction of sp³-hybridized carbons (Fsp3) is 0.217. The molecule has 0 fully saturated rings. The van der Waals surface area contributed by atoms with E-state index >= 15 is 0 Å². The molecule has 10 heteroatoms. The number of aryl methyl sites for hydroxylation is 2. The largest absolute Gasteiger partial charge is 0.326 e. The van der Waals surface area contributed by atoms with Crippen LogP contribution in [0.4, 0.5) is 14.5 Å². The van der Waals surface area contributed by atoms with Gasteiger partial charge in [-0.25, -0.2) is 18.0 Å². The van der Waals surface area contributed by atoms with Crippen LogP contribution in [0.15, 0.2) is 58.1 Å². The minimum absolute atomic E-state index is 0.107. The van der Waals surface area contributed by atoms with Crippen molar-refractivity contribution < 1.29 is 17.2 Å². The fourth-order valence-electron chi connectivity index (χ4n) is 3.61. The topological polar surface area (TPSA) is 78.5 Å². The first-order valence-electron chi connectivity index (χ1n) is 10.2. The van der Waals surface area contributed by atoms with Gasteiger partial charge in [0.2, 0.25) is 0 Å².